The highest BCUT2D eigenvalue weighted by Crippen LogP contribution is 2.75. The maximum atomic E-state index is 11.4. The van der Waals surface area contributed by atoms with Crippen molar-refractivity contribution in [2.45, 2.75) is 143 Å². The molecule has 5 rings (SSSR count). The van der Waals surface area contributed by atoms with Crippen LogP contribution < -0.4 is 0 Å². The molecule has 33 heavy (non-hydrogen) atoms. The van der Waals surface area contributed by atoms with Crippen molar-refractivity contribution in [3.63, 3.8) is 0 Å². The van der Waals surface area contributed by atoms with Crippen LogP contribution in [-0.4, -0.2) is 34.6 Å². The second-order valence-corrected chi connectivity index (χ2v) is 14.8. The number of fused-ring (bicyclic) bond motifs is 5. The molecule has 3 saturated carbocycles. The van der Waals surface area contributed by atoms with E-state index in [1.165, 1.54) is 51.4 Å². The van der Waals surface area contributed by atoms with Gasteiger partial charge >= 0.3 is 0 Å². The molecule has 3 nitrogen and oxygen atoms in total. The Balaban J connectivity index is 1.40. The molecule has 3 aliphatic carbocycles. The Kier molecular flexibility index (Phi) is 5.55. The number of rotatable bonds is 5. The van der Waals surface area contributed by atoms with Crippen LogP contribution in [0.15, 0.2) is 0 Å². The first-order chi connectivity index (χ1) is 15.2. The van der Waals surface area contributed by atoms with Gasteiger partial charge in [0.1, 0.15) is 0 Å². The molecule has 1 N–H and O–H groups in total. The fourth-order valence-electron chi connectivity index (χ4n) is 10.5. The summed E-state index contributed by atoms with van der Waals surface area (Å²) in [5.41, 5.74) is 0.0921. The standard InChI is InChI=1S/C30H52O3/c1-20(11-12-24-25(2,3)33-24)21-13-15-29(8)22-14-16-30(26(4,5)31)23(10-9-19-32-30)27(22,6)17-18-28(21,29)7/h20-24,31H,9-19H2,1-8H3/t20-,21-,22-,23-,24-,27+,28-,29+,30+/m0/s1. The molecule has 0 aromatic rings. The van der Waals surface area contributed by atoms with E-state index in [-0.39, 0.29) is 16.6 Å². The van der Waals surface area contributed by atoms with E-state index in [1.54, 1.807) is 0 Å². The fraction of sp³-hybridized carbons (Fsp3) is 1.00. The Morgan fingerprint density at radius 1 is 0.909 bits per heavy atom. The zero-order chi connectivity index (χ0) is 24.1. The second-order valence-electron chi connectivity index (χ2n) is 14.8. The van der Waals surface area contributed by atoms with Gasteiger partial charge in [-0.3, -0.25) is 0 Å². The van der Waals surface area contributed by atoms with Gasteiger partial charge < -0.3 is 14.6 Å². The minimum absolute atomic E-state index is 0.123. The van der Waals surface area contributed by atoms with E-state index >= 15 is 0 Å². The van der Waals surface area contributed by atoms with Gasteiger partial charge in [0.15, 0.2) is 0 Å². The summed E-state index contributed by atoms with van der Waals surface area (Å²) in [6.07, 6.45) is 13.1. The van der Waals surface area contributed by atoms with E-state index in [2.05, 4.69) is 41.5 Å². The van der Waals surface area contributed by atoms with Gasteiger partial charge in [-0.1, -0.05) is 27.7 Å². The molecule has 2 saturated heterocycles. The first-order valence-electron chi connectivity index (χ1n) is 14.3. The van der Waals surface area contributed by atoms with Crippen LogP contribution in [0.3, 0.4) is 0 Å². The fourth-order valence-corrected chi connectivity index (χ4v) is 10.5. The number of hydrogen-bond donors (Lipinski definition) is 1. The van der Waals surface area contributed by atoms with Crippen LogP contribution in [0.25, 0.3) is 0 Å². The van der Waals surface area contributed by atoms with Crippen LogP contribution in [-0.2, 0) is 9.47 Å². The van der Waals surface area contributed by atoms with Crippen LogP contribution in [0.4, 0.5) is 0 Å². The van der Waals surface area contributed by atoms with Gasteiger partial charge in [-0.25, -0.2) is 0 Å². The lowest BCUT2D eigenvalue weighted by atomic mass is 9.37. The maximum absolute atomic E-state index is 11.4. The Labute approximate surface area is 203 Å². The van der Waals surface area contributed by atoms with Crippen molar-refractivity contribution >= 4 is 0 Å². The predicted molar refractivity (Wildman–Crippen MR) is 134 cm³/mol. The van der Waals surface area contributed by atoms with Gasteiger partial charge in [-0.15, -0.1) is 0 Å². The Bertz CT molecular complexity index is 769. The van der Waals surface area contributed by atoms with Gasteiger partial charge in [-0.2, -0.15) is 0 Å². The molecule has 5 fully saturated rings. The summed E-state index contributed by atoms with van der Waals surface area (Å²) in [6, 6.07) is 0. The smallest absolute Gasteiger partial charge is 0.0995 e. The minimum atomic E-state index is -0.779. The minimum Gasteiger partial charge on any atom is -0.387 e. The first-order valence-corrected chi connectivity index (χ1v) is 14.3. The first kappa shape index (κ1) is 24.6. The lowest BCUT2D eigenvalue weighted by Crippen LogP contribution is -2.69. The van der Waals surface area contributed by atoms with Crippen LogP contribution in [0.1, 0.15) is 120 Å². The molecule has 2 aliphatic heterocycles. The molecular formula is C30H52O3. The summed E-state index contributed by atoms with van der Waals surface area (Å²) in [6.45, 7) is 19.8. The summed E-state index contributed by atoms with van der Waals surface area (Å²) in [4.78, 5) is 0. The highest BCUT2D eigenvalue weighted by molar-refractivity contribution is 5.20. The highest BCUT2D eigenvalue weighted by Gasteiger charge is 2.71. The van der Waals surface area contributed by atoms with E-state index in [0.717, 1.165) is 37.2 Å². The molecule has 0 amide bonds. The van der Waals surface area contributed by atoms with E-state index in [9.17, 15) is 5.11 Å². The number of aliphatic hydroxyl groups is 1. The third-order valence-electron chi connectivity index (χ3n) is 12.8. The van der Waals surface area contributed by atoms with E-state index in [0.29, 0.717) is 22.9 Å². The van der Waals surface area contributed by atoms with Crippen LogP contribution in [0.5, 0.6) is 0 Å². The largest absolute Gasteiger partial charge is 0.387 e. The van der Waals surface area contributed by atoms with Crippen molar-refractivity contribution in [3.05, 3.63) is 0 Å². The average molecular weight is 461 g/mol. The number of epoxide rings is 1. The molecule has 0 spiro atoms. The van der Waals surface area contributed by atoms with E-state index in [1.807, 2.05) is 13.8 Å². The zero-order valence-corrected chi connectivity index (χ0v) is 22.9. The van der Waals surface area contributed by atoms with Gasteiger partial charge in [-0.05, 0) is 132 Å². The van der Waals surface area contributed by atoms with Crippen molar-refractivity contribution in [1.29, 1.82) is 0 Å². The zero-order valence-electron chi connectivity index (χ0n) is 22.9. The summed E-state index contributed by atoms with van der Waals surface area (Å²) < 4.78 is 12.5. The highest BCUT2D eigenvalue weighted by atomic mass is 16.6. The maximum Gasteiger partial charge on any atom is 0.0995 e. The van der Waals surface area contributed by atoms with Crippen molar-refractivity contribution in [1.82, 2.24) is 0 Å². The van der Waals surface area contributed by atoms with E-state index in [4.69, 9.17) is 9.47 Å². The molecule has 3 heteroatoms. The molecule has 2 heterocycles. The van der Waals surface area contributed by atoms with Gasteiger partial charge in [0.05, 0.1) is 22.9 Å². The Hall–Kier alpha value is -0.120. The normalized spacial score (nSPS) is 51.9. The Morgan fingerprint density at radius 2 is 1.61 bits per heavy atom. The van der Waals surface area contributed by atoms with Crippen LogP contribution >= 0.6 is 0 Å². The number of hydrogen-bond acceptors (Lipinski definition) is 3. The summed E-state index contributed by atoms with van der Waals surface area (Å²) >= 11 is 0. The molecular weight excluding hydrogens is 408 g/mol. The Morgan fingerprint density at radius 3 is 2.24 bits per heavy atom. The van der Waals surface area contributed by atoms with E-state index < -0.39 is 5.60 Å². The molecule has 9 atom stereocenters. The molecule has 0 radical (unpaired) electrons. The third kappa shape index (κ3) is 3.30. The molecule has 190 valence electrons. The van der Waals surface area contributed by atoms with Gasteiger partial charge in [0.25, 0.3) is 0 Å². The monoisotopic (exact) mass is 460 g/mol. The lowest BCUT2D eigenvalue weighted by Gasteiger charge is -2.69. The summed E-state index contributed by atoms with van der Waals surface area (Å²) in [5.74, 6) is 2.83. The van der Waals surface area contributed by atoms with Crippen molar-refractivity contribution in [3.8, 4) is 0 Å². The molecule has 0 aromatic carbocycles. The second kappa shape index (κ2) is 7.45. The average Bonchev–Trinajstić information content (AvgIpc) is 3.25. The van der Waals surface area contributed by atoms with Gasteiger partial charge in [0, 0.05) is 6.61 Å². The molecule has 0 aromatic heterocycles. The molecule has 0 bridgehead atoms. The lowest BCUT2D eigenvalue weighted by molar-refractivity contribution is -0.291. The summed E-state index contributed by atoms with van der Waals surface area (Å²) in [7, 11) is 0. The van der Waals surface area contributed by atoms with Crippen molar-refractivity contribution in [2.75, 3.05) is 6.61 Å². The summed E-state index contributed by atoms with van der Waals surface area (Å²) in [5, 5.41) is 11.4. The van der Waals surface area contributed by atoms with Crippen LogP contribution in [0.2, 0.25) is 0 Å². The molecule has 0 unspecified atom stereocenters. The number of ether oxygens (including phenoxy) is 2. The third-order valence-corrected chi connectivity index (χ3v) is 12.8. The van der Waals surface area contributed by atoms with Crippen molar-refractivity contribution < 1.29 is 14.6 Å². The quantitative estimate of drug-likeness (QED) is 0.443. The predicted octanol–water partition coefficient (Wildman–Crippen LogP) is 7.15. The molecule has 5 aliphatic rings. The SMILES string of the molecule is C[C@@H](CC[C@@H]1OC1(C)C)[C@@H]1CC[C@]2(C)[C@H]3CC[C@@]4(C(C)(C)O)OCCC[C@H]4[C@]3(C)CC[C@@]12C. The topological polar surface area (TPSA) is 42.0 Å². The van der Waals surface area contributed by atoms with Crippen LogP contribution in [0, 0.1) is 39.9 Å². The van der Waals surface area contributed by atoms with Gasteiger partial charge in [0.2, 0.25) is 0 Å². The van der Waals surface area contributed by atoms with Crippen molar-refractivity contribution in [2.24, 2.45) is 39.9 Å².